The molecule has 0 radical (unpaired) electrons. The number of anilines is 1. The molecule has 2 unspecified atom stereocenters. The predicted octanol–water partition coefficient (Wildman–Crippen LogP) is 4.51. The van der Waals surface area contributed by atoms with E-state index in [-0.39, 0.29) is 12.5 Å². The van der Waals surface area contributed by atoms with Crippen LogP contribution in [-0.4, -0.2) is 60.1 Å². The second-order valence-electron chi connectivity index (χ2n) is 9.64. The number of rotatable bonds is 11. The van der Waals surface area contributed by atoms with E-state index < -0.39 is 16.2 Å². The van der Waals surface area contributed by atoms with Crippen molar-refractivity contribution in [2.75, 3.05) is 44.9 Å². The number of aliphatic hydroxyl groups excluding tert-OH is 1. The van der Waals surface area contributed by atoms with Gasteiger partial charge >= 0.3 is 0 Å². The molecule has 196 valence electrons. The van der Waals surface area contributed by atoms with Crippen molar-refractivity contribution in [1.29, 1.82) is 0 Å². The molecule has 1 fully saturated rings. The first kappa shape index (κ1) is 26.6. The van der Waals surface area contributed by atoms with Gasteiger partial charge in [-0.3, -0.25) is 13.9 Å². The molecule has 2 aliphatic rings. The zero-order chi connectivity index (χ0) is 25.5. The number of carbonyl (C=O) groups excluding carboxylic acids is 1. The van der Waals surface area contributed by atoms with Gasteiger partial charge in [-0.15, -0.1) is 0 Å². The number of methoxy groups -OCH3 is 1. The van der Waals surface area contributed by atoms with Crippen LogP contribution in [0.2, 0.25) is 0 Å². The zero-order valence-electron chi connectivity index (χ0n) is 21.4. The maximum atomic E-state index is 13.5. The average Bonchev–Trinajstić information content (AvgIpc) is 3.20. The first-order valence-corrected chi connectivity index (χ1v) is 14.2. The Balaban J connectivity index is 1.47. The Morgan fingerprint density at radius 3 is 2.64 bits per heavy atom. The van der Waals surface area contributed by atoms with Gasteiger partial charge in [0.1, 0.15) is 16.9 Å². The van der Waals surface area contributed by atoms with Crippen LogP contribution in [0.3, 0.4) is 0 Å². The van der Waals surface area contributed by atoms with Gasteiger partial charge in [0.2, 0.25) is 5.91 Å². The molecule has 0 bridgehead atoms. The Hall–Kier alpha value is -2.42. The summed E-state index contributed by atoms with van der Waals surface area (Å²) >= 11 is 0. The van der Waals surface area contributed by atoms with Crippen LogP contribution < -0.4 is 14.4 Å². The lowest BCUT2D eigenvalue weighted by Crippen LogP contribution is -2.34. The quantitative estimate of drug-likeness (QED) is 0.445. The smallest absolute Gasteiger partial charge is 0.225 e. The topological polar surface area (TPSA) is 79.3 Å². The molecule has 36 heavy (non-hydrogen) atoms. The summed E-state index contributed by atoms with van der Waals surface area (Å²) in [4.78, 5) is 17.2. The van der Waals surface area contributed by atoms with Gasteiger partial charge in [0.05, 0.1) is 41.7 Å². The summed E-state index contributed by atoms with van der Waals surface area (Å²) in [6, 6.07) is 12.8. The number of amides is 1. The van der Waals surface area contributed by atoms with Crippen LogP contribution in [0, 0.1) is 5.92 Å². The lowest BCUT2D eigenvalue weighted by atomic mass is 9.89. The third kappa shape index (κ3) is 6.10. The van der Waals surface area contributed by atoms with E-state index in [1.54, 1.807) is 12.0 Å². The first-order chi connectivity index (χ1) is 17.5. The molecule has 1 amide bonds. The molecule has 2 aromatic carbocycles. The highest BCUT2D eigenvalue weighted by Gasteiger charge is 2.41. The van der Waals surface area contributed by atoms with Crippen LogP contribution in [0.5, 0.6) is 11.5 Å². The van der Waals surface area contributed by atoms with Crippen molar-refractivity contribution in [3.63, 3.8) is 0 Å². The highest BCUT2D eigenvalue weighted by atomic mass is 32.2. The van der Waals surface area contributed by atoms with Crippen molar-refractivity contribution >= 4 is 22.4 Å². The van der Waals surface area contributed by atoms with E-state index >= 15 is 0 Å². The van der Waals surface area contributed by atoms with E-state index in [1.807, 2.05) is 42.5 Å². The van der Waals surface area contributed by atoms with E-state index in [9.17, 15) is 14.1 Å². The van der Waals surface area contributed by atoms with Gasteiger partial charge in [-0.1, -0.05) is 31.4 Å². The van der Waals surface area contributed by atoms with Gasteiger partial charge in [0, 0.05) is 32.1 Å². The third-order valence-electron chi connectivity index (χ3n) is 7.13. The highest BCUT2D eigenvalue weighted by molar-refractivity contribution is 7.86. The van der Waals surface area contributed by atoms with E-state index in [4.69, 9.17) is 9.47 Å². The fourth-order valence-corrected chi connectivity index (χ4v) is 7.07. The minimum absolute atomic E-state index is 0.158. The molecular formula is C28H38N2O5S. The van der Waals surface area contributed by atoms with Crippen LogP contribution >= 0.6 is 0 Å². The predicted molar refractivity (Wildman–Crippen MR) is 142 cm³/mol. The average molecular weight is 515 g/mol. The van der Waals surface area contributed by atoms with E-state index in [0.717, 1.165) is 25.4 Å². The first-order valence-electron chi connectivity index (χ1n) is 13.0. The summed E-state index contributed by atoms with van der Waals surface area (Å²) in [6.45, 7) is 4.69. The lowest BCUT2D eigenvalue weighted by Gasteiger charge is -2.29. The van der Waals surface area contributed by atoms with Crippen molar-refractivity contribution < 1.29 is 23.6 Å². The molecule has 1 heterocycles. The van der Waals surface area contributed by atoms with Gasteiger partial charge in [0.25, 0.3) is 0 Å². The summed E-state index contributed by atoms with van der Waals surface area (Å²) in [5.41, 5.74) is 1.35. The van der Waals surface area contributed by atoms with Crippen molar-refractivity contribution in [2.45, 2.75) is 55.7 Å². The number of fused-ring (bicyclic) bond motifs is 1. The minimum atomic E-state index is -1.45. The lowest BCUT2D eigenvalue weighted by molar-refractivity contribution is -0.116. The van der Waals surface area contributed by atoms with Gasteiger partial charge < -0.3 is 19.5 Å². The third-order valence-corrected chi connectivity index (χ3v) is 8.78. The van der Waals surface area contributed by atoms with E-state index in [0.29, 0.717) is 40.8 Å². The normalized spacial score (nSPS) is 19.9. The molecule has 2 atom stereocenters. The maximum Gasteiger partial charge on any atom is 0.225 e. The van der Waals surface area contributed by atoms with Crippen molar-refractivity contribution in [2.24, 2.45) is 5.92 Å². The molecule has 1 saturated carbocycles. The summed E-state index contributed by atoms with van der Waals surface area (Å²) in [6.07, 6.45) is 7.33. The summed E-state index contributed by atoms with van der Waals surface area (Å²) in [5, 5.41) is 8.85. The van der Waals surface area contributed by atoms with Crippen LogP contribution in [0.1, 0.15) is 56.4 Å². The summed E-state index contributed by atoms with van der Waals surface area (Å²) in [7, 11) is 0.142. The van der Waals surface area contributed by atoms with Gasteiger partial charge in [-0.25, -0.2) is 0 Å². The van der Waals surface area contributed by atoms with E-state index in [1.165, 1.54) is 39.0 Å². The molecular weight excluding hydrogens is 476 g/mol. The van der Waals surface area contributed by atoms with Gasteiger partial charge in [-0.2, -0.15) is 0 Å². The Morgan fingerprint density at radius 1 is 1.14 bits per heavy atom. The van der Waals surface area contributed by atoms with E-state index in [2.05, 4.69) is 4.90 Å². The molecule has 1 aliphatic heterocycles. The standard InChI is InChI=1S/C28H38N2O5S/c1-21(32)30-25-11-6-7-12-27(25)36(33)28(30)24-19-23(34-2)13-14-26(24)35-18-8-15-29(16-17-31)20-22-9-4-3-5-10-22/h6-7,11-14,19,22,28,31H,3-5,8-10,15-18,20H2,1-2H3. The van der Waals surface area contributed by atoms with Crippen LogP contribution in [-0.2, 0) is 15.6 Å². The number of ether oxygens (including phenoxy) is 2. The second-order valence-corrected chi connectivity index (χ2v) is 11.1. The van der Waals surface area contributed by atoms with Crippen molar-refractivity contribution in [3.05, 3.63) is 48.0 Å². The number of aliphatic hydroxyl groups is 1. The fraction of sp³-hybridized carbons (Fsp3) is 0.536. The molecule has 0 saturated heterocycles. The van der Waals surface area contributed by atoms with Crippen molar-refractivity contribution in [3.8, 4) is 11.5 Å². The number of nitrogens with zero attached hydrogens (tertiary/aromatic N) is 2. The number of carbonyl (C=O) groups is 1. The molecule has 0 spiro atoms. The fourth-order valence-electron chi connectivity index (χ4n) is 5.38. The number of para-hydroxylation sites is 1. The van der Waals surface area contributed by atoms with Crippen molar-refractivity contribution in [1.82, 2.24) is 4.90 Å². The van der Waals surface area contributed by atoms with Crippen LogP contribution in [0.15, 0.2) is 47.4 Å². The Bertz CT molecular complexity index is 1060. The largest absolute Gasteiger partial charge is 0.497 e. The molecule has 1 aliphatic carbocycles. The number of hydrogen-bond acceptors (Lipinski definition) is 6. The molecule has 8 heteroatoms. The molecule has 0 aromatic heterocycles. The molecule has 1 N–H and O–H groups in total. The molecule has 4 rings (SSSR count). The monoisotopic (exact) mass is 514 g/mol. The Labute approximate surface area is 216 Å². The minimum Gasteiger partial charge on any atom is -0.497 e. The highest BCUT2D eigenvalue weighted by Crippen LogP contribution is 2.47. The van der Waals surface area contributed by atoms with Gasteiger partial charge in [0.15, 0.2) is 0 Å². The zero-order valence-corrected chi connectivity index (χ0v) is 22.2. The second kappa shape index (κ2) is 12.7. The Morgan fingerprint density at radius 2 is 1.92 bits per heavy atom. The molecule has 7 nitrogen and oxygen atoms in total. The summed E-state index contributed by atoms with van der Waals surface area (Å²) in [5.74, 6) is 1.77. The van der Waals surface area contributed by atoms with Gasteiger partial charge in [-0.05, 0) is 55.5 Å². The molecule has 2 aromatic rings. The van der Waals surface area contributed by atoms with Crippen LogP contribution in [0.25, 0.3) is 0 Å². The van der Waals surface area contributed by atoms with Crippen LogP contribution in [0.4, 0.5) is 5.69 Å². The SMILES string of the molecule is COc1ccc(OCCCN(CCO)CC2CCCCC2)c(C2N(C(C)=O)c3ccccc3S2=O)c1. The Kier molecular flexibility index (Phi) is 9.40. The number of benzene rings is 2. The summed E-state index contributed by atoms with van der Waals surface area (Å²) < 4.78 is 25.2. The number of hydrogen-bond donors (Lipinski definition) is 1. The maximum absolute atomic E-state index is 13.5.